The maximum atomic E-state index is 11.3. The summed E-state index contributed by atoms with van der Waals surface area (Å²) in [5.41, 5.74) is 0. The first-order valence-corrected chi connectivity index (χ1v) is 4.62. The van der Waals surface area contributed by atoms with Crippen LogP contribution in [0.1, 0.15) is 6.92 Å². The van der Waals surface area contributed by atoms with Gasteiger partial charge in [0.05, 0.1) is 25.8 Å². The first-order chi connectivity index (χ1) is 7.01. The number of likely N-dealkylation sites (N-methyl/N-ethyl adjacent to an activating group) is 1. The zero-order valence-electron chi connectivity index (χ0n) is 9.32. The second-order valence-corrected chi connectivity index (χ2v) is 3.28. The minimum absolute atomic E-state index is 0.0183. The average Bonchev–Trinajstić information content (AvgIpc) is 2.16. The summed E-state index contributed by atoms with van der Waals surface area (Å²) in [6.45, 7) is 1.41. The highest BCUT2D eigenvalue weighted by molar-refractivity contribution is 5.83. The maximum absolute atomic E-state index is 11.3. The fraction of sp³-hybridized carbons (Fsp3) is 0.778. The summed E-state index contributed by atoms with van der Waals surface area (Å²) in [6.07, 6.45) is 0. The number of amides is 2. The third-order valence-corrected chi connectivity index (χ3v) is 1.87. The number of hydrogen-bond acceptors (Lipinski definition) is 4. The van der Waals surface area contributed by atoms with Crippen molar-refractivity contribution in [2.45, 2.75) is 13.0 Å². The van der Waals surface area contributed by atoms with E-state index in [-0.39, 0.29) is 31.6 Å². The van der Waals surface area contributed by atoms with Crippen molar-refractivity contribution in [3.8, 4) is 0 Å². The molecule has 1 atom stereocenters. The number of hydrogen-bond donors (Lipinski definition) is 2. The highest BCUT2D eigenvalue weighted by atomic mass is 16.5. The van der Waals surface area contributed by atoms with E-state index in [1.165, 1.54) is 26.0 Å². The van der Waals surface area contributed by atoms with Gasteiger partial charge < -0.3 is 20.1 Å². The summed E-state index contributed by atoms with van der Waals surface area (Å²) < 4.78 is 4.79. The highest BCUT2D eigenvalue weighted by Crippen LogP contribution is 1.87. The van der Waals surface area contributed by atoms with Crippen molar-refractivity contribution in [3.63, 3.8) is 0 Å². The molecule has 2 amide bonds. The van der Waals surface area contributed by atoms with E-state index < -0.39 is 6.04 Å². The maximum Gasteiger partial charge on any atom is 0.239 e. The molecule has 15 heavy (non-hydrogen) atoms. The van der Waals surface area contributed by atoms with Gasteiger partial charge in [-0.15, -0.1) is 0 Å². The van der Waals surface area contributed by atoms with Crippen LogP contribution in [0.15, 0.2) is 0 Å². The lowest BCUT2D eigenvalue weighted by molar-refractivity contribution is -0.133. The summed E-state index contributed by atoms with van der Waals surface area (Å²) in [4.78, 5) is 23.5. The molecule has 88 valence electrons. The zero-order valence-corrected chi connectivity index (χ0v) is 9.32. The molecule has 0 heterocycles. The summed E-state index contributed by atoms with van der Waals surface area (Å²) in [7, 11) is 3.02. The number of carbonyl (C=O) groups excluding carboxylic acids is 2. The van der Waals surface area contributed by atoms with Crippen molar-refractivity contribution in [3.05, 3.63) is 0 Å². The molecule has 0 aliphatic carbocycles. The Morgan fingerprint density at radius 1 is 1.53 bits per heavy atom. The van der Waals surface area contributed by atoms with E-state index in [4.69, 9.17) is 9.84 Å². The first kappa shape index (κ1) is 13.9. The van der Waals surface area contributed by atoms with Crippen LogP contribution in [0.2, 0.25) is 0 Å². The molecule has 0 saturated heterocycles. The molecule has 0 fully saturated rings. The normalized spacial score (nSPS) is 12.0. The van der Waals surface area contributed by atoms with Gasteiger partial charge in [0.15, 0.2) is 0 Å². The van der Waals surface area contributed by atoms with Gasteiger partial charge >= 0.3 is 0 Å². The number of nitrogens with one attached hydrogen (secondary N) is 1. The molecule has 0 aliphatic heterocycles. The third-order valence-electron chi connectivity index (χ3n) is 1.87. The highest BCUT2D eigenvalue weighted by Gasteiger charge is 2.13. The van der Waals surface area contributed by atoms with Gasteiger partial charge in [0.1, 0.15) is 0 Å². The van der Waals surface area contributed by atoms with Gasteiger partial charge in [-0.2, -0.15) is 0 Å². The number of ether oxygens (including phenoxy) is 1. The topological polar surface area (TPSA) is 78.9 Å². The van der Waals surface area contributed by atoms with E-state index in [0.29, 0.717) is 0 Å². The molecule has 0 rings (SSSR count). The summed E-state index contributed by atoms with van der Waals surface area (Å²) in [6, 6.07) is -0.428. The van der Waals surface area contributed by atoms with Crippen molar-refractivity contribution >= 4 is 11.8 Å². The average molecular weight is 218 g/mol. The van der Waals surface area contributed by atoms with E-state index in [1.807, 2.05) is 0 Å². The minimum atomic E-state index is -0.428. The predicted molar refractivity (Wildman–Crippen MR) is 54.2 cm³/mol. The molecule has 6 heteroatoms. The predicted octanol–water partition coefficient (Wildman–Crippen LogP) is -1.41. The van der Waals surface area contributed by atoms with E-state index in [1.54, 1.807) is 0 Å². The summed E-state index contributed by atoms with van der Waals surface area (Å²) in [5.74, 6) is -0.499. The second-order valence-electron chi connectivity index (χ2n) is 3.28. The van der Waals surface area contributed by atoms with Crippen LogP contribution in [0.3, 0.4) is 0 Å². The van der Waals surface area contributed by atoms with Crippen molar-refractivity contribution in [2.75, 3.05) is 33.9 Å². The molecule has 1 unspecified atom stereocenters. The number of methoxy groups -OCH3 is 1. The molecule has 0 spiro atoms. The molecule has 0 bridgehead atoms. The van der Waals surface area contributed by atoms with Gasteiger partial charge in [0.2, 0.25) is 11.8 Å². The number of rotatable bonds is 6. The Morgan fingerprint density at radius 3 is 2.53 bits per heavy atom. The van der Waals surface area contributed by atoms with Crippen LogP contribution in [0, 0.1) is 0 Å². The van der Waals surface area contributed by atoms with E-state index in [0.717, 1.165) is 0 Å². The quantitative estimate of drug-likeness (QED) is 0.574. The fourth-order valence-electron chi connectivity index (χ4n) is 0.941. The van der Waals surface area contributed by atoms with Crippen LogP contribution in [0.5, 0.6) is 0 Å². The molecular weight excluding hydrogens is 200 g/mol. The van der Waals surface area contributed by atoms with Gasteiger partial charge in [-0.25, -0.2) is 0 Å². The molecule has 6 nitrogen and oxygen atoms in total. The van der Waals surface area contributed by atoms with E-state index in [9.17, 15) is 9.59 Å². The molecule has 2 N–H and O–H groups in total. The summed E-state index contributed by atoms with van der Waals surface area (Å²) in [5, 5.41) is 11.4. The largest absolute Gasteiger partial charge is 0.394 e. The van der Waals surface area contributed by atoms with Gasteiger partial charge in [0, 0.05) is 21.1 Å². The van der Waals surface area contributed by atoms with Gasteiger partial charge in [0.25, 0.3) is 0 Å². The first-order valence-electron chi connectivity index (χ1n) is 4.62. The lowest BCUT2D eigenvalue weighted by atomic mass is 10.3. The Bertz CT molecular complexity index is 220. The van der Waals surface area contributed by atoms with Crippen LogP contribution in [-0.2, 0) is 14.3 Å². The number of nitrogens with zero attached hydrogens (tertiary/aromatic N) is 1. The molecule has 0 aromatic carbocycles. The van der Waals surface area contributed by atoms with E-state index in [2.05, 4.69) is 5.32 Å². The second kappa shape index (κ2) is 7.19. The van der Waals surface area contributed by atoms with Crippen LogP contribution in [0.25, 0.3) is 0 Å². The van der Waals surface area contributed by atoms with Crippen LogP contribution >= 0.6 is 0 Å². The lowest BCUT2D eigenvalue weighted by Gasteiger charge is -2.18. The van der Waals surface area contributed by atoms with Crippen molar-refractivity contribution < 1.29 is 19.4 Å². The molecule has 0 aromatic heterocycles. The zero-order chi connectivity index (χ0) is 11.8. The van der Waals surface area contributed by atoms with Crippen LogP contribution in [-0.4, -0.2) is 61.8 Å². The van der Waals surface area contributed by atoms with Crippen LogP contribution in [0.4, 0.5) is 0 Å². The van der Waals surface area contributed by atoms with Crippen molar-refractivity contribution in [1.82, 2.24) is 10.2 Å². The summed E-state index contributed by atoms with van der Waals surface area (Å²) >= 11 is 0. The Labute approximate surface area is 89.2 Å². The lowest BCUT2D eigenvalue weighted by Crippen LogP contribution is -2.45. The Morgan fingerprint density at radius 2 is 2.13 bits per heavy atom. The van der Waals surface area contributed by atoms with Crippen molar-refractivity contribution in [1.29, 1.82) is 0 Å². The molecule has 0 saturated carbocycles. The van der Waals surface area contributed by atoms with Gasteiger partial charge in [-0.3, -0.25) is 9.59 Å². The Kier molecular flexibility index (Phi) is 6.64. The van der Waals surface area contributed by atoms with E-state index >= 15 is 0 Å². The molecule has 0 aliphatic rings. The van der Waals surface area contributed by atoms with Gasteiger partial charge in [-0.05, 0) is 0 Å². The molecular formula is C9H18N2O4. The number of aliphatic hydroxyl groups is 1. The number of aliphatic hydroxyl groups excluding tert-OH is 1. The monoisotopic (exact) mass is 218 g/mol. The SMILES string of the molecule is COCC(CO)NC(=O)CN(C)C(C)=O. The smallest absolute Gasteiger partial charge is 0.239 e. The minimum Gasteiger partial charge on any atom is -0.394 e. The van der Waals surface area contributed by atoms with Crippen LogP contribution < -0.4 is 5.32 Å². The molecule has 0 radical (unpaired) electrons. The Hall–Kier alpha value is -1.14. The number of carbonyl (C=O) groups is 2. The Balaban J connectivity index is 3.95. The third kappa shape index (κ3) is 6.03. The molecule has 0 aromatic rings. The standard InChI is InChI=1S/C9H18N2O4/c1-7(13)11(2)4-9(14)10-8(5-12)6-15-3/h8,12H,4-6H2,1-3H3,(H,10,14). The fourth-order valence-corrected chi connectivity index (χ4v) is 0.941. The van der Waals surface area contributed by atoms with Gasteiger partial charge in [-0.1, -0.05) is 0 Å². The van der Waals surface area contributed by atoms with Crippen molar-refractivity contribution in [2.24, 2.45) is 0 Å².